The number of esters is 1. The molecule has 1 saturated heterocycles. The standard InChI is InChI=1S/C30H31N3O7/c1-29(2,3)40-25(34)11-17-6-5-16-9-19-10-24(39-23(19)13-21(16)17)30(27(36)31-28(37)32-30)15-33-14-18-7-8-20(38-4)12-22(18)26(33)35/h7-10,12-13,17H,5-6,11,14-15H2,1-4H3,(H2,31,32,36,37)/t17-,30+/m1/s1. The van der Waals surface area contributed by atoms with Crippen LogP contribution in [-0.2, 0) is 32.8 Å². The molecule has 6 rings (SSSR count). The Morgan fingerprint density at radius 2 is 1.93 bits per heavy atom. The number of carbonyl (C=O) groups excluding carboxylic acids is 4. The molecule has 0 saturated carbocycles. The van der Waals surface area contributed by atoms with E-state index < -0.39 is 23.1 Å². The zero-order chi connectivity index (χ0) is 28.4. The van der Waals surface area contributed by atoms with Crippen LogP contribution in [0.15, 0.2) is 40.8 Å². The summed E-state index contributed by atoms with van der Waals surface area (Å²) in [5.74, 6) is -0.298. The lowest BCUT2D eigenvalue weighted by Gasteiger charge is -2.29. The summed E-state index contributed by atoms with van der Waals surface area (Å²) < 4.78 is 17.0. The van der Waals surface area contributed by atoms with Crippen molar-refractivity contribution in [2.45, 2.75) is 63.6 Å². The van der Waals surface area contributed by atoms with Crippen molar-refractivity contribution in [3.8, 4) is 5.75 Å². The Morgan fingerprint density at radius 3 is 2.62 bits per heavy atom. The lowest BCUT2D eigenvalue weighted by Crippen LogP contribution is -2.52. The average molecular weight is 546 g/mol. The van der Waals surface area contributed by atoms with E-state index in [2.05, 4.69) is 10.6 Å². The zero-order valence-corrected chi connectivity index (χ0v) is 22.9. The maximum absolute atomic E-state index is 13.3. The van der Waals surface area contributed by atoms with Crippen molar-refractivity contribution in [3.05, 3.63) is 64.4 Å². The minimum absolute atomic E-state index is 0.00367. The molecule has 10 heteroatoms. The molecule has 1 aromatic heterocycles. The van der Waals surface area contributed by atoms with Crippen molar-refractivity contribution in [2.24, 2.45) is 0 Å². The van der Waals surface area contributed by atoms with E-state index >= 15 is 0 Å². The second kappa shape index (κ2) is 9.11. The molecule has 2 aromatic carbocycles. The first-order valence-electron chi connectivity index (χ1n) is 13.3. The summed E-state index contributed by atoms with van der Waals surface area (Å²) in [5.41, 5.74) is 1.83. The molecular formula is C30H31N3O7. The van der Waals surface area contributed by atoms with Gasteiger partial charge >= 0.3 is 12.0 Å². The third-order valence-electron chi connectivity index (χ3n) is 7.80. The van der Waals surface area contributed by atoms with Gasteiger partial charge in [-0.05, 0) is 86.6 Å². The summed E-state index contributed by atoms with van der Waals surface area (Å²) in [5, 5.41) is 5.82. The topological polar surface area (TPSA) is 127 Å². The Bertz CT molecular complexity index is 1580. The minimum atomic E-state index is -1.60. The van der Waals surface area contributed by atoms with Gasteiger partial charge in [0.15, 0.2) is 5.54 Å². The van der Waals surface area contributed by atoms with E-state index in [1.165, 1.54) is 12.0 Å². The molecule has 2 atom stereocenters. The van der Waals surface area contributed by atoms with Gasteiger partial charge < -0.3 is 24.1 Å². The van der Waals surface area contributed by atoms with Crippen LogP contribution in [0.3, 0.4) is 0 Å². The Morgan fingerprint density at radius 1 is 1.12 bits per heavy atom. The lowest BCUT2D eigenvalue weighted by atomic mass is 9.94. The zero-order valence-electron chi connectivity index (χ0n) is 22.9. The van der Waals surface area contributed by atoms with E-state index in [0.717, 1.165) is 34.9 Å². The summed E-state index contributed by atoms with van der Waals surface area (Å²) >= 11 is 0. The van der Waals surface area contributed by atoms with Gasteiger partial charge in [-0.15, -0.1) is 0 Å². The number of carbonyl (C=O) groups is 4. The van der Waals surface area contributed by atoms with Crippen LogP contribution in [-0.4, -0.2) is 48.0 Å². The number of hydrogen-bond donors (Lipinski definition) is 2. The van der Waals surface area contributed by atoms with Crippen molar-refractivity contribution in [3.63, 3.8) is 0 Å². The van der Waals surface area contributed by atoms with E-state index in [4.69, 9.17) is 13.9 Å². The van der Waals surface area contributed by atoms with Crippen molar-refractivity contribution >= 4 is 34.8 Å². The monoisotopic (exact) mass is 545 g/mol. The van der Waals surface area contributed by atoms with E-state index in [-0.39, 0.29) is 43.1 Å². The van der Waals surface area contributed by atoms with Gasteiger partial charge in [-0.3, -0.25) is 19.7 Å². The first-order chi connectivity index (χ1) is 19.0. The van der Waals surface area contributed by atoms with Gasteiger partial charge in [0, 0.05) is 17.5 Å². The Hall–Kier alpha value is -4.34. The molecule has 1 fully saturated rings. The van der Waals surface area contributed by atoms with Crippen LogP contribution in [0.4, 0.5) is 4.79 Å². The van der Waals surface area contributed by atoms with Crippen molar-refractivity contribution in [1.82, 2.24) is 15.5 Å². The van der Waals surface area contributed by atoms with E-state index in [9.17, 15) is 19.2 Å². The molecule has 3 aliphatic rings. The number of ether oxygens (including phenoxy) is 2. The number of amides is 4. The molecule has 0 radical (unpaired) electrons. The molecule has 1 aliphatic carbocycles. The SMILES string of the molecule is COc1ccc2c(c1)C(=O)N(C[C@@]1(c3cc4cc5c(cc4o3)[C@@H](CC(=O)OC(C)(C)C)CC5)NC(=O)NC1=O)C2. The molecule has 2 N–H and O–H groups in total. The predicted molar refractivity (Wildman–Crippen MR) is 144 cm³/mol. The van der Waals surface area contributed by atoms with Crippen LogP contribution in [0.1, 0.15) is 72.3 Å². The molecule has 0 spiro atoms. The number of imide groups is 1. The number of hydrogen-bond acceptors (Lipinski definition) is 7. The Labute approximate surface area is 231 Å². The minimum Gasteiger partial charge on any atom is -0.497 e. The number of furan rings is 1. The second-order valence-electron chi connectivity index (χ2n) is 11.7. The number of urea groups is 1. The summed E-state index contributed by atoms with van der Waals surface area (Å²) in [4.78, 5) is 53.0. The van der Waals surface area contributed by atoms with Gasteiger partial charge in [-0.1, -0.05) is 6.07 Å². The molecule has 10 nitrogen and oxygen atoms in total. The van der Waals surface area contributed by atoms with Crippen LogP contribution in [0.25, 0.3) is 11.0 Å². The van der Waals surface area contributed by atoms with Gasteiger partial charge in [0.1, 0.15) is 22.7 Å². The number of nitrogens with zero attached hydrogens (tertiary/aromatic N) is 1. The van der Waals surface area contributed by atoms with E-state index in [1.54, 1.807) is 18.2 Å². The van der Waals surface area contributed by atoms with Crippen LogP contribution in [0, 0.1) is 0 Å². The molecule has 3 aromatic rings. The van der Waals surface area contributed by atoms with Crippen molar-refractivity contribution in [1.29, 1.82) is 0 Å². The quantitative estimate of drug-likeness (QED) is 0.355. The highest BCUT2D eigenvalue weighted by Crippen LogP contribution is 2.41. The van der Waals surface area contributed by atoms with Gasteiger partial charge in [0.25, 0.3) is 11.8 Å². The smallest absolute Gasteiger partial charge is 0.322 e. The van der Waals surface area contributed by atoms with Gasteiger partial charge in [0.2, 0.25) is 0 Å². The summed E-state index contributed by atoms with van der Waals surface area (Å²) in [6.45, 7) is 5.71. The lowest BCUT2D eigenvalue weighted by molar-refractivity contribution is -0.155. The fourth-order valence-corrected chi connectivity index (χ4v) is 5.97. The number of benzene rings is 2. The first kappa shape index (κ1) is 25.9. The van der Waals surface area contributed by atoms with Gasteiger partial charge in [-0.2, -0.15) is 0 Å². The van der Waals surface area contributed by atoms with Gasteiger partial charge in [0.05, 0.1) is 20.1 Å². The van der Waals surface area contributed by atoms with Crippen LogP contribution in [0.5, 0.6) is 5.75 Å². The first-order valence-corrected chi connectivity index (χ1v) is 13.3. The predicted octanol–water partition coefficient (Wildman–Crippen LogP) is 3.89. The van der Waals surface area contributed by atoms with E-state index in [0.29, 0.717) is 16.9 Å². The molecule has 40 heavy (non-hydrogen) atoms. The number of fused-ring (bicyclic) bond motifs is 3. The maximum atomic E-state index is 13.3. The summed E-state index contributed by atoms with van der Waals surface area (Å²) in [6.07, 6.45) is 1.92. The fourth-order valence-electron chi connectivity index (χ4n) is 5.97. The molecule has 4 amide bonds. The average Bonchev–Trinajstić information content (AvgIpc) is 3.62. The van der Waals surface area contributed by atoms with Crippen LogP contribution < -0.4 is 15.4 Å². The number of methoxy groups -OCH3 is 1. The Balaban J connectivity index is 1.32. The normalized spacial score (nSPS) is 21.9. The van der Waals surface area contributed by atoms with Crippen molar-refractivity contribution in [2.75, 3.05) is 13.7 Å². The Kier molecular flexibility index (Phi) is 5.90. The highest BCUT2D eigenvalue weighted by molar-refractivity contribution is 6.08. The number of nitrogens with one attached hydrogen (secondary N) is 2. The summed E-state index contributed by atoms with van der Waals surface area (Å²) in [6, 6.07) is 10.3. The summed E-state index contributed by atoms with van der Waals surface area (Å²) in [7, 11) is 1.53. The molecule has 208 valence electrons. The second-order valence-corrected chi connectivity index (χ2v) is 11.7. The molecule has 0 unspecified atom stereocenters. The highest BCUT2D eigenvalue weighted by Gasteiger charge is 2.53. The fraction of sp³-hybridized carbons (Fsp3) is 0.400. The molecular weight excluding hydrogens is 514 g/mol. The van der Waals surface area contributed by atoms with Gasteiger partial charge in [-0.25, -0.2) is 4.79 Å². The third kappa shape index (κ3) is 4.37. The third-order valence-corrected chi connectivity index (χ3v) is 7.80. The molecule has 2 aliphatic heterocycles. The van der Waals surface area contributed by atoms with Crippen LogP contribution >= 0.6 is 0 Å². The van der Waals surface area contributed by atoms with Crippen molar-refractivity contribution < 1.29 is 33.1 Å². The maximum Gasteiger partial charge on any atom is 0.322 e. The number of aryl methyl sites for hydroxylation is 1. The number of rotatable bonds is 6. The van der Waals surface area contributed by atoms with Crippen LogP contribution in [0.2, 0.25) is 0 Å². The largest absolute Gasteiger partial charge is 0.497 e. The molecule has 0 bridgehead atoms. The van der Waals surface area contributed by atoms with E-state index in [1.807, 2.05) is 39.0 Å². The highest BCUT2D eigenvalue weighted by atomic mass is 16.6. The molecule has 3 heterocycles.